The van der Waals surface area contributed by atoms with Crippen LogP contribution < -0.4 is 10.3 Å². The van der Waals surface area contributed by atoms with Crippen molar-refractivity contribution in [2.24, 2.45) is 5.10 Å². The molecule has 1 aromatic rings. The summed E-state index contributed by atoms with van der Waals surface area (Å²) in [6, 6.07) is 9.08. The molecule has 1 fully saturated rings. The number of ether oxygens (including phenoxy) is 1. The Balaban J connectivity index is 1.52. The summed E-state index contributed by atoms with van der Waals surface area (Å²) < 4.78 is 5.14. The fraction of sp³-hybridized carbons (Fsp3) is 0.524. The summed E-state index contributed by atoms with van der Waals surface area (Å²) in [6.45, 7) is -0.326. The lowest BCUT2D eigenvalue weighted by Crippen LogP contribution is -2.39. The Kier molecular flexibility index (Phi) is 7.17. The van der Waals surface area contributed by atoms with Crippen LogP contribution in [0, 0.1) is 0 Å². The van der Waals surface area contributed by atoms with Crippen LogP contribution in [0.1, 0.15) is 57.8 Å². The molecule has 7 heteroatoms. The molecule has 3 rings (SSSR count). The first kappa shape index (κ1) is 20.0. The number of para-hydroxylation sites is 1. The number of hydrazone groups is 1. The molecule has 1 N–H and O–H groups in total. The van der Waals surface area contributed by atoms with E-state index in [4.69, 9.17) is 4.74 Å². The third kappa shape index (κ3) is 5.65. The third-order valence-electron chi connectivity index (χ3n) is 5.07. The molecule has 2 amide bonds. The molecule has 0 spiro atoms. The van der Waals surface area contributed by atoms with E-state index >= 15 is 0 Å². The third-order valence-corrected chi connectivity index (χ3v) is 5.07. The molecule has 1 aliphatic carbocycles. The summed E-state index contributed by atoms with van der Waals surface area (Å²) >= 11 is 0. The van der Waals surface area contributed by atoms with Gasteiger partial charge in [-0.05, 0) is 25.0 Å². The van der Waals surface area contributed by atoms with E-state index in [2.05, 4.69) is 10.4 Å². The van der Waals surface area contributed by atoms with E-state index in [-0.39, 0.29) is 43.0 Å². The van der Waals surface area contributed by atoms with Crippen LogP contribution in [-0.4, -0.2) is 36.1 Å². The van der Waals surface area contributed by atoms with Gasteiger partial charge in [-0.1, -0.05) is 50.3 Å². The van der Waals surface area contributed by atoms with Crippen LogP contribution in [0.2, 0.25) is 0 Å². The Morgan fingerprint density at radius 1 is 1.04 bits per heavy atom. The van der Waals surface area contributed by atoms with Gasteiger partial charge in [-0.15, -0.1) is 0 Å². The smallest absolute Gasteiger partial charge is 0.355 e. The van der Waals surface area contributed by atoms with Crippen molar-refractivity contribution in [1.82, 2.24) is 5.32 Å². The quantitative estimate of drug-likeness (QED) is 0.790. The highest BCUT2D eigenvalue weighted by atomic mass is 16.5. The zero-order chi connectivity index (χ0) is 19.8. The van der Waals surface area contributed by atoms with Crippen molar-refractivity contribution < 1.29 is 19.1 Å². The van der Waals surface area contributed by atoms with Crippen LogP contribution in [0.4, 0.5) is 5.69 Å². The van der Waals surface area contributed by atoms with Crippen molar-refractivity contribution in [2.45, 2.75) is 63.8 Å². The maximum Gasteiger partial charge on any atom is 0.355 e. The van der Waals surface area contributed by atoms with Gasteiger partial charge in [-0.25, -0.2) is 9.80 Å². The molecule has 150 valence electrons. The molecule has 1 saturated carbocycles. The lowest BCUT2D eigenvalue weighted by molar-refractivity contribution is -0.142. The predicted molar refractivity (Wildman–Crippen MR) is 106 cm³/mol. The highest BCUT2D eigenvalue weighted by molar-refractivity contribution is 6.38. The van der Waals surface area contributed by atoms with Gasteiger partial charge in [-0.3, -0.25) is 9.59 Å². The second kappa shape index (κ2) is 10.0. The van der Waals surface area contributed by atoms with Crippen molar-refractivity contribution in [1.29, 1.82) is 0 Å². The molecular weight excluding hydrogens is 358 g/mol. The molecule has 0 unspecified atom stereocenters. The molecule has 1 aliphatic heterocycles. The van der Waals surface area contributed by atoms with Crippen LogP contribution in [0.15, 0.2) is 35.4 Å². The lowest BCUT2D eigenvalue weighted by atomic mass is 9.97. The fourth-order valence-corrected chi connectivity index (χ4v) is 3.56. The number of rotatable bonds is 5. The van der Waals surface area contributed by atoms with Gasteiger partial charge in [0.2, 0.25) is 5.91 Å². The van der Waals surface area contributed by atoms with E-state index in [1.807, 2.05) is 6.07 Å². The van der Waals surface area contributed by atoms with Gasteiger partial charge in [0.1, 0.15) is 5.71 Å². The van der Waals surface area contributed by atoms with Crippen molar-refractivity contribution in [2.75, 3.05) is 11.6 Å². The van der Waals surface area contributed by atoms with Gasteiger partial charge in [0.25, 0.3) is 5.91 Å². The maximum absolute atomic E-state index is 12.3. The molecular formula is C21H27N3O4. The van der Waals surface area contributed by atoms with Crippen LogP contribution in [0.5, 0.6) is 0 Å². The standard InChI is InChI=1S/C21H27N3O4/c25-19(22-16-9-5-2-1-3-6-10-16)15-28-21(27)18-13-14-20(26)24(23-18)17-11-7-4-8-12-17/h4,7-8,11-12,16H,1-3,5-6,9-10,13-15H2,(H,22,25). The highest BCUT2D eigenvalue weighted by Gasteiger charge is 2.27. The Labute approximate surface area is 165 Å². The summed E-state index contributed by atoms with van der Waals surface area (Å²) in [5, 5.41) is 8.33. The number of amides is 2. The zero-order valence-electron chi connectivity index (χ0n) is 16.1. The van der Waals surface area contributed by atoms with Crippen LogP contribution in [-0.2, 0) is 19.1 Å². The first-order chi connectivity index (χ1) is 13.6. The number of hydrogen-bond donors (Lipinski definition) is 1. The van der Waals surface area contributed by atoms with Crippen molar-refractivity contribution in [3.05, 3.63) is 30.3 Å². The maximum atomic E-state index is 12.3. The molecule has 2 aliphatic rings. The van der Waals surface area contributed by atoms with Gasteiger partial charge in [0, 0.05) is 18.9 Å². The SMILES string of the molecule is O=C(COC(=O)C1=NN(c2ccccc2)C(=O)CC1)NC1CCCCCCC1. The summed E-state index contributed by atoms with van der Waals surface area (Å²) in [5.41, 5.74) is 0.752. The number of carbonyl (C=O) groups excluding carboxylic acids is 3. The second-order valence-corrected chi connectivity index (χ2v) is 7.27. The number of hydrogen-bond acceptors (Lipinski definition) is 5. The predicted octanol–water partition coefficient (Wildman–Crippen LogP) is 2.94. The normalized spacial score (nSPS) is 18.6. The molecule has 0 atom stereocenters. The molecule has 7 nitrogen and oxygen atoms in total. The Morgan fingerprint density at radius 2 is 1.71 bits per heavy atom. The van der Waals surface area contributed by atoms with E-state index in [9.17, 15) is 14.4 Å². The van der Waals surface area contributed by atoms with Gasteiger partial charge in [-0.2, -0.15) is 5.10 Å². The number of carbonyl (C=O) groups is 3. The molecule has 1 aromatic carbocycles. The Morgan fingerprint density at radius 3 is 2.43 bits per heavy atom. The minimum absolute atomic E-state index is 0.155. The number of benzene rings is 1. The Bertz CT molecular complexity index is 724. The summed E-state index contributed by atoms with van der Waals surface area (Å²) in [6.07, 6.45) is 8.25. The first-order valence-corrected chi connectivity index (χ1v) is 10.1. The number of nitrogens with zero attached hydrogens (tertiary/aromatic N) is 2. The van der Waals surface area contributed by atoms with Crippen LogP contribution >= 0.6 is 0 Å². The van der Waals surface area contributed by atoms with E-state index < -0.39 is 5.97 Å². The zero-order valence-corrected chi connectivity index (χ0v) is 16.1. The molecule has 0 aromatic heterocycles. The van der Waals surface area contributed by atoms with Crippen molar-refractivity contribution >= 4 is 29.2 Å². The van der Waals surface area contributed by atoms with Crippen LogP contribution in [0.25, 0.3) is 0 Å². The Hall–Kier alpha value is -2.70. The fourth-order valence-electron chi connectivity index (χ4n) is 3.56. The highest BCUT2D eigenvalue weighted by Crippen LogP contribution is 2.20. The lowest BCUT2D eigenvalue weighted by Gasteiger charge is -2.23. The van der Waals surface area contributed by atoms with Gasteiger partial charge in [0.05, 0.1) is 5.69 Å². The largest absolute Gasteiger partial charge is 0.451 e. The second-order valence-electron chi connectivity index (χ2n) is 7.27. The average molecular weight is 385 g/mol. The first-order valence-electron chi connectivity index (χ1n) is 10.1. The van der Waals surface area contributed by atoms with Gasteiger partial charge in [0.15, 0.2) is 6.61 Å². The molecule has 28 heavy (non-hydrogen) atoms. The molecule has 0 radical (unpaired) electrons. The summed E-state index contributed by atoms with van der Waals surface area (Å²) in [7, 11) is 0. The van der Waals surface area contributed by atoms with E-state index in [0.29, 0.717) is 5.69 Å². The van der Waals surface area contributed by atoms with E-state index in [1.165, 1.54) is 24.3 Å². The molecule has 0 bridgehead atoms. The number of nitrogens with one attached hydrogen (secondary N) is 1. The monoisotopic (exact) mass is 385 g/mol. The van der Waals surface area contributed by atoms with E-state index in [0.717, 1.165) is 25.7 Å². The molecule has 1 heterocycles. The van der Waals surface area contributed by atoms with Crippen molar-refractivity contribution in [3.8, 4) is 0 Å². The van der Waals surface area contributed by atoms with Crippen molar-refractivity contribution in [3.63, 3.8) is 0 Å². The topological polar surface area (TPSA) is 88.1 Å². The number of esters is 1. The van der Waals surface area contributed by atoms with Gasteiger partial charge >= 0.3 is 5.97 Å². The van der Waals surface area contributed by atoms with Gasteiger partial charge < -0.3 is 10.1 Å². The molecule has 0 saturated heterocycles. The minimum Gasteiger partial charge on any atom is -0.451 e. The van der Waals surface area contributed by atoms with Crippen LogP contribution in [0.3, 0.4) is 0 Å². The van der Waals surface area contributed by atoms with E-state index in [1.54, 1.807) is 24.3 Å². The number of anilines is 1. The summed E-state index contributed by atoms with van der Waals surface area (Å²) in [4.78, 5) is 36.6. The summed E-state index contributed by atoms with van der Waals surface area (Å²) in [5.74, 6) is -1.11. The average Bonchev–Trinajstić information content (AvgIpc) is 2.69. The minimum atomic E-state index is -0.652.